The van der Waals surface area contributed by atoms with E-state index in [-0.39, 0.29) is 5.91 Å². The minimum Gasteiger partial charge on any atom is -0.336 e. The third-order valence-corrected chi connectivity index (χ3v) is 4.10. The van der Waals surface area contributed by atoms with Crippen molar-refractivity contribution in [1.82, 2.24) is 20.0 Å². The Labute approximate surface area is 130 Å². The largest absolute Gasteiger partial charge is 0.336 e. The maximum Gasteiger partial charge on any atom is 0.257 e. The average Bonchev–Trinajstić information content (AvgIpc) is 2.88. The average molecular weight is 298 g/mol. The second kappa shape index (κ2) is 5.93. The molecule has 0 atom stereocenters. The van der Waals surface area contributed by atoms with Crippen molar-refractivity contribution in [1.29, 1.82) is 0 Å². The van der Waals surface area contributed by atoms with Crippen molar-refractivity contribution < 1.29 is 4.79 Å². The van der Waals surface area contributed by atoms with Crippen molar-refractivity contribution in [3.05, 3.63) is 46.8 Å². The van der Waals surface area contributed by atoms with Crippen LogP contribution >= 0.6 is 0 Å². The summed E-state index contributed by atoms with van der Waals surface area (Å²) in [5.41, 5.74) is 4.99. The van der Waals surface area contributed by atoms with Gasteiger partial charge in [-0.3, -0.25) is 4.79 Å². The highest BCUT2D eigenvalue weighted by atomic mass is 16.2. The molecule has 3 rings (SSSR count). The van der Waals surface area contributed by atoms with Crippen LogP contribution in [0.3, 0.4) is 0 Å². The number of hydrogen-bond acceptors (Lipinski definition) is 3. The number of hydrogen-bond donors (Lipinski definition) is 1. The van der Waals surface area contributed by atoms with Crippen LogP contribution in [0.2, 0.25) is 0 Å². The monoisotopic (exact) mass is 298 g/mol. The summed E-state index contributed by atoms with van der Waals surface area (Å²) in [6.45, 7) is 9.33. The molecule has 0 bridgehead atoms. The summed E-state index contributed by atoms with van der Waals surface area (Å²) < 4.78 is 1.86. The van der Waals surface area contributed by atoms with E-state index in [1.54, 1.807) is 6.20 Å². The predicted octanol–water partition coefficient (Wildman–Crippen LogP) is 1.84. The summed E-state index contributed by atoms with van der Waals surface area (Å²) in [5.74, 6) is 0.0784. The Balaban J connectivity index is 1.92. The van der Waals surface area contributed by atoms with E-state index >= 15 is 0 Å². The van der Waals surface area contributed by atoms with Gasteiger partial charge in [-0.15, -0.1) is 0 Å². The number of carbonyl (C=O) groups excluding carboxylic acids is 1. The van der Waals surface area contributed by atoms with Gasteiger partial charge in [0.15, 0.2) is 0 Å². The van der Waals surface area contributed by atoms with Gasteiger partial charge in [-0.1, -0.05) is 6.07 Å². The van der Waals surface area contributed by atoms with Crippen molar-refractivity contribution in [2.45, 2.75) is 20.8 Å². The fourth-order valence-corrected chi connectivity index (χ4v) is 2.99. The molecule has 1 aliphatic heterocycles. The van der Waals surface area contributed by atoms with Crippen LogP contribution in [-0.2, 0) is 0 Å². The number of rotatable bonds is 2. The first-order valence-corrected chi connectivity index (χ1v) is 7.69. The van der Waals surface area contributed by atoms with E-state index in [2.05, 4.69) is 42.5 Å². The number of piperazine rings is 1. The standard InChI is InChI=1S/C17H22N4O/c1-12-8-13(2)10-15(9-12)21-14(3)16(11-19-21)17(22)20-6-4-18-5-7-20/h8-11,18H,4-7H2,1-3H3. The molecular weight excluding hydrogens is 276 g/mol. The fourth-order valence-electron chi connectivity index (χ4n) is 2.99. The minimum atomic E-state index is 0.0784. The fraction of sp³-hybridized carbons (Fsp3) is 0.412. The molecule has 1 aromatic heterocycles. The van der Waals surface area contributed by atoms with Crippen LogP contribution in [0.15, 0.2) is 24.4 Å². The van der Waals surface area contributed by atoms with Gasteiger partial charge in [0.1, 0.15) is 0 Å². The van der Waals surface area contributed by atoms with E-state index in [1.165, 1.54) is 11.1 Å². The summed E-state index contributed by atoms with van der Waals surface area (Å²) >= 11 is 0. The molecular formula is C17H22N4O. The van der Waals surface area contributed by atoms with E-state index in [0.29, 0.717) is 5.56 Å². The topological polar surface area (TPSA) is 50.2 Å². The first-order valence-electron chi connectivity index (χ1n) is 7.69. The highest BCUT2D eigenvalue weighted by Crippen LogP contribution is 2.18. The third-order valence-electron chi connectivity index (χ3n) is 4.10. The van der Waals surface area contributed by atoms with Crippen molar-refractivity contribution in [2.75, 3.05) is 26.2 Å². The van der Waals surface area contributed by atoms with Crippen molar-refractivity contribution >= 4 is 5.91 Å². The molecule has 1 saturated heterocycles. The predicted molar refractivity (Wildman–Crippen MR) is 86.5 cm³/mol. The molecule has 0 radical (unpaired) electrons. The van der Waals surface area contributed by atoms with Crippen LogP contribution in [0, 0.1) is 20.8 Å². The maximum atomic E-state index is 12.6. The molecule has 1 aromatic carbocycles. The van der Waals surface area contributed by atoms with Gasteiger partial charge in [-0.25, -0.2) is 4.68 Å². The Kier molecular flexibility index (Phi) is 3.98. The van der Waals surface area contributed by atoms with Crippen LogP contribution in [0.25, 0.3) is 5.69 Å². The summed E-state index contributed by atoms with van der Waals surface area (Å²) in [4.78, 5) is 14.5. The zero-order valence-electron chi connectivity index (χ0n) is 13.4. The van der Waals surface area contributed by atoms with Crippen molar-refractivity contribution in [3.8, 4) is 5.69 Å². The van der Waals surface area contributed by atoms with E-state index in [9.17, 15) is 4.79 Å². The molecule has 2 heterocycles. The SMILES string of the molecule is Cc1cc(C)cc(-n2ncc(C(=O)N3CCNCC3)c2C)c1. The lowest BCUT2D eigenvalue weighted by Gasteiger charge is -2.27. The molecule has 1 amide bonds. The number of nitrogens with zero attached hydrogens (tertiary/aromatic N) is 3. The Morgan fingerprint density at radius 1 is 1.09 bits per heavy atom. The quantitative estimate of drug-likeness (QED) is 0.920. The molecule has 116 valence electrons. The zero-order chi connectivity index (χ0) is 15.7. The second-order valence-electron chi connectivity index (χ2n) is 5.94. The highest BCUT2D eigenvalue weighted by molar-refractivity contribution is 5.95. The van der Waals surface area contributed by atoms with Gasteiger partial charge >= 0.3 is 0 Å². The van der Waals surface area contributed by atoms with E-state index in [4.69, 9.17) is 0 Å². The second-order valence-corrected chi connectivity index (χ2v) is 5.94. The molecule has 2 aromatic rings. The molecule has 5 heteroatoms. The summed E-state index contributed by atoms with van der Waals surface area (Å²) in [6.07, 6.45) is 1.69. The van der Waals surface area contributed by atoms with Crippen molar-refractivity contribution in [3.63, 3.8) is 0 Å². The number of aromatic nitrogens is 2. The highest BCUT2D eigenvalue weighted by Gasteiger charge is 2.22. The van der Waals surface area contributed by atoms with Gasteiger partial charge in [-0.2, -0.15) is 5.10 Å². The van der Waals surface area contributed by atoms with Gasteiger partial charge in [0, 0.05) is 26.2 Å². The lowest BCUT2D eigenvalue weighted by Crippen LogP contribution is -2.46. The normalized spacial score (nSPS) is 15.1. The Hall–Kier alpha value is -2.14. The molecule has 1 fully saturated rings. The Morgan fingerprint density at radius 2 is 1.73 bits per heavy atom. The number of carbonyl (C=O) groups is 1. The van der Waals surface area contributed by atoms with Gasteiger partial charge in [0.2, 0.25) is 0 Å². The first-order chi connectivity index (χ1) is 10.6. The van der Waals surface area contributed by atoms with Gasteiger partial charge < -0.3 is 10.2 Å². The van der Waals surface area contributed by atoms with Crippen LogP contribution in [-0.4, -0.2) is 46.8 Å². The summed E-state index contributed by atoms with van der Waals surface area (Å²) in [6, 6.07) is 6.31. The molecule has 22 heavy (non-hydrogen) atoms. The number of amides is 1. The van der Waals surface area contributed by atoms with Crippen molar-refractivity contribution in [2.24, 2.45) is 0 Å². The molecule has 1 aliphatic rings. The lowest BCUT2D eigenvalue weighted by molar-refractivity contribution is 0.0735. The van der Waals surface area contributed by atoms with Crippen LogP contribution in [0.5, 0.6) is 0 Å². The maximum absolute atomic E-state index is 12.6. The molecule has 1 N–H and O–H groups in total. The van der Waals surface area contributed by atoms with Gasteiger partial charge in [0.05, 0.1) is 23.1 Å². The molecule has 0 aliphatic carbocycles. The zero-order valence-corrected chi connectivity index (χ0v) is 13.4. The molecule has 5 nitrogen and oxygen atoms in total. The Bertz CT molecular complexity index is 678. The molecule has 0 saturated carbocycles. The Morgan fingerprint density at radius 3 is 2.36 bits per heavy atom. The van der Waals surface area contributed by atoms with E-state index in [0.717, 1.165) is 37.6 Å². The van der Waals surface area contributed by atoms with E-state index < -0.39 is 0 Å². The third kappa shape index (κ3) is 2.76. The van der Waals surface area contributed by atoms with Crippen LogP contribution in [0.1, 0.15) is 27.2 Å². The van der Waals surface area contributed by atoms with Crippen LogP contribution < -0.4 is 5.32 Å². The lowest BCUT2D eigenvalue weighted by atomic mass is 10.1. The molecule has 0 spiro atoms. The molecule has 0 unspecified atom stereocenters. The first kappa shape index (κ1) is 14.8. The summed E-state index contributed by atoms with van der Waals surface area (Å²) in [7, 11) is 0. The van der Waals surface area contributed by atoms with E-state index in [1.807, 2.05) is 16.5 Å². The van der Waals surface area contributed by atoms with Crippen LogP contribution in [0.4, 0.5) is 0 Å². The number of benzene rings is 1. The minimum absolute atomic E-state index is 0.0784. The summed E-state index contributed by atoms with van der Waals surface area (Å²) in [5, 5.41) is 7.70. The van der Waals surface area contributed by atoms with Gasteiger partial charge in [0.25, 0.3) is 5.91 Å². The number of aryl methyl sites for hydroxylation is 2. The smallest absolute Gasteiger partial charge is 0.257 e. The van der Waals surface area contributed by atoms with Gasteiger partial charge in [-0.05, 0) is 44.0 Å². The number of nitrogens with one attached hydrogen (secondary N) is 1.